The molecule has 1 N–H and O–H groups in total. The van der Waals surface area contributed by atoms with Crippen LogP contribution < -0.4 is 0 Å². The molecule has 0 radical (unpaired) electrons. The smallest absolute Gasteiger partial charge is 0.263 e. The third kappa shape index (κ3) is 1.41. The van der Waals surface area contributed by atoms with Crippen molar-refractivity contribution in [2.24, 2.45) is 5.41 Å². The quantitative estimate of drug-likeness (QED) is 0.887. The third-order valence-electron chi connectivity index (χ3n) is 3.28. The minimum absolute atomic E-state index is 0.224. The van der Waals surface area contributed by atoms with Gasteiger partial charge in [0.25, 0.3) is 5.92 Å². The van der Waals surface area contributed by atoms with Crippen molar-refractivity contribution in [3.63, 3.8) is 0 Å². The summed E-state index contributed by atoms with van der Waals surface area (Å²) in [6, 6.07) is 3.94. The van der Waals surface area contributed by atoms with E-state index in [1.807, 2.05) is 0 Å². The maximum atomic E-state index is 13.5. The summed E-state index contributed by atoms with van der Waals surface area (Å²) in [6.07, 6.45) is 0. The maximum absolute atomic E-state index is 13.5. The number of hydrogen-bond acceptors (Lipinski definition) is 1. The zero-order valence-corrected chi connectivity index (χ0v) is 10.1. The molecule has 16 heavy (non-hydrogen) atoms. The number of benzene rings is 1. The van der Waals surface area contributed by atoms with E-state index in [4.69, 9.17) is 5.11 Å². The van der Waals surface area contributed by atoms with E-state index in [0.29, 0.717) is 0 Å². The molecule has 88 valence electrons. The van der Waals surface area contributed by atoms with Gasteiger partial charge in [0.1, 0.15) is 5.82 Å². The van der Waals surface area contributed by atoms with Crippen LogP contribution >= 0.6 is 15.9 Å². The second-order valence-electron chi connectivity index (χ2n) is 4.31. The van der Waals surface area contributed by atoms with Crippen LogP contribution in [0.2, 0.25) is 0 Å². The number of rotatable bonds is 2. The average molecular weight is 295 g/mol. The highest BCUT2D eigenvalue weighted by molar-refractivity contribution is 9.10. The Morgan fingerprint density at radius 1 is 1.44 bits per heavy atom. The number of hydrogen-bond donors (Lipinski definition) is 1. The lowest BCUT2D eigenvalue weighted by Crippen LogP contribution is -2.10. The Bertz CT molecular complexity index is 435. The Morgan fingerprint density at radius 2 is 2.06 bits per heavy atom. The van der Waals surface area contributed by atoms with Gasteiger partial charge in [-0.3, -0.25) is 0 Å². The van der Waals surface area contributed by atoms with Gasteiger partial charge in [0.15, 0.2) is 0 Å². The Hall–Kier alpha value is -0.550. The predicted octanol–water partition coefficient (Wildman–Crippen LogP) is 3.32. The van der Waals surface area contributed by atoms with Crippen LogP contribution in [0.3, 0.4) is 0 Å². The van der Waals surface area contributed by atoms with Crippen molar-refractivity contribution in [2.75, 3.05) is 6.61 Å². The lowest BCUT2D eigenvalue weighted by atomic mass is 10.0. The first-order valence-electron chi connectivity index (χ1n) is 4.78. The summed E-state index contributed by atoms with van der Waals surface area (Å²) in [6.45, 7) is 0.694. The van der Waals surface area contributed by atoms with Crippen LogP contribution in [0.15, 0.2) is 22.7 Å². The standard InChI is InChI=1S/C11H10BrF3O/c1-10(5-16)9(11(10,14)15)6-2-3-7(12)8(13)4-6/h2-4,9,16H,5H2,1H3. The second-order valence-corrected chi connectivity index (χ2v) is 5.16. The number of halogens is 4. The number of alkyl halides is 2. The summed E-state index contributed by atoms with van der Waals surface area (Å²) >= 11 is 2.96. The highest BCUT2D eigenvalue weighted by Crippen LogP contribution is 2.70. The molecule has 0 heterocycles. The minimum Gasteiger partial charge on any atom is -0.396 e. The van der Waals surface area contributed by atoms with Crippen LogP contribution in [-0.2, 0) is 0 Å². The zero-order valence-electron chi connectivity index (χ0n) is 8.48. The van der Waals surface area contributed by atoms with E-state index in [2.05, 4.69) is 15.9 Å². The molecular formula is C11H10BrF3O. The summed E-state index contributed by atoms with van der Waals surface area (Å²) < 4.78 is 40.4. The van der Waals surface area contributed by atoms with E-state index < -0.39 is 29.7 Å². The molecule has 0 bridgehead atoms. The summed E-state index contributed by atoms with van der Waals surface area (Å²) in [5.41, 5.74) is -1.24. The molecule has 1 aliphatic carbocycles. The van der Waals surface area contributed by atoms with Gasteiger partial charge in [0.05, 0.1) is 22.4 Å². The first kappa shape index (κ1) is 11.9. The SMILES string of the molecule is CC1(CO)C(c2ccc(Br)c(F)c2)C1(F)F. The molecule has 1 fully saturated rings. The summed E-state index contributed by atoms with van der Waals surface area (Å²) in [7, 11) is 0. The lowest BCUT2D eigenvalue weighted by molar-refractivity contribution is 0.0435. The van der Waals surface area contributed by atoms with Gasteiger partial charge in [-0.05, 0) is 33.6 Å². The highest BCUT2D eigenvalue weighted by atomic mass is 79.9. The maximum Gasteiger partial charge on any atom is 0.263 e. The van der Waals surface area contributed by atoms with E-state index in [1.165, 1.54) is 19.1 Å². The van der Waals surface area contributed by atoms with E-state index in [9.17, 15) is 13.2 Å². The Labute approximate surface area is 99.4 Å². The predicted molar refractivity (Wildman–Crippen MR) is 57.0 cm³/mol. The molecule has 0 spiro atoms. The fraction of sp³-hybridized carbons (Fsp3) is 0.455. The van der Waals surface area contributed by atoms with E-state index in [-0.39, 0.29) is 10.0 Å². The molecule has 2 unspecified atom stereocenters. The molecule has 1 nitrogen and oxygen atoms in total. The minimum atomic E-state index is -2.97. The first-order chi connectivity index (χ1) is 7.34. The van der Waals surface area contributed by atoms with E-state index in [0.717, 1.165) is 6.07 Å². The van der Waals surface area contributed by atoms with Crippen LogP contribution in [0.25, 0.3) is 0 Å². The molecule has 1 aliphatic rings. The van der Waals surface area contributed by atoms with Gasteiger partial charge in [-0.15, -0.1) is 0 Å². The van der Waals surface area contributed by atoms with Gasteiger partial charge >= 0.3 is 0 Å². The molecule has 5 heteroatoms. The average Bonchev–Trinajstić information content (AvgIpc) is 2.67. The Kier molecular flexibility index (Phi) is 2.58. The molecule has 0 aromatic heterocycles. The van der Waals surface area contributed by atoms with E-state index >= 15 is 0 Å². The van der Waals surface area contributed by atoms with Crippen molar-refractivity contribution in [2.45, 2.75) is 18.8 Å². The summed E-state index contributed by atoms with van der Waals surface area (Å²) in [5.74, 6) is -4.64. The van der Waals surface area contributed by atoms with Crippen LogP contribution in [0.1, 0.15) is 18.4 Å². The van der Waals surface area contributed by atoms with Gasteiger partial charge in [-0.25, -0.2) is 13.2 Å². The monoisotopic (exact) mass is 294 g/mol. The molecule has 0 saturated heterocycles. The lowest BCUT2D eigenvalue weighted by Gasteiger charge is -2.04. The Balaban J connectivity index is 2.38. The van der Waals surface area contributed by atoms with Gasteiger partial charge in [0, 0.05) is 0 Å². The number of aliphatic hydroxyl groups is 1. The topological polar surface area (TPSA) is 20.2 Å². The van der Waals surface area contributed by atoms with Gasteiger partial charge in [0.2, 0.25) is 0 Å². The van der Waals surface area contributed by atoms with Crippen molar-refractivity contribution in [3.05, 3.63) is 34.1 Å². The van der Waals surface area contributed by atoms with Crippen LogP contribution in [0.5, 0.6) is 0 Å². The molecule has 1 saturated carbocycles. The largest absolute Gasteiger partial charge is 0.396 e. The molecule has 2 atom stereocenters. The molecule has 1 aromatic carbocycles. The highest BCUT2D eigenvalue weighted by Gasteiger charge is 2.77. The van der Waals surface area contributed by atoms with Gasteiger partial charge < -0.3 is 5.11 Å². The van der Waals surface area contributed by atoms with Crippen LogP contribution in [0, 0.1) is 11.2 Å². The van der Waals surface area contributed by atoms with Crippen molar-refractivity contribution >= 4 is 15.9 Å². The fourth-order valence-corrected chi connectivity index (χ4v) is 2.30. The van der Waals surface area contributed by atoms with E-state index in [1.54, 1.807) is 0 Å². The van der Waals surface area contributed by atoms with Crippen LogP contribution in [0.4, 0.5) is 13.2 Å². The van der Waals surface area contributed by atoms with Crippen molar-refractivity contribution in [1.29, 1.82) is 0 Å². The first-order valence-corrected chi connectivity index (χ1v) is 5.57. The molecule has 0 aliphatic heterocycles. The van der Waals surface area contributed by atoms with Crippen LogP contribution in [-0.4, -0.2) is 17.6 Å². The normalized spacial score (nSPS) is 31.5. The Morgan fingerprint density at radius 3 is 2.50 bits per heavy atom. The zero-order chi connectivity index (χ0) is 12.1. The summed E-state index contributed by atoms with van der Waals surface area (Å²) in [5, 5.41) is 8.97. The number of aliphatic hydroxyl groups excluding tert-OH is 1. The van der Waals surface area contributed by atoms with Crippen molar-refractivity contribution in [1.82, 2.24) is 0 Å². The molecule has 0 amide bonds. The van der Waals surface area contributed by atoms with Crippen molar-refractivity contribution in [3.8, 4) is 0 Å². The fourth-order valence-electron chi connectivity index (χ4n) is 2.05. The van der Waals surface area contributed by atoms with Gasteiger partial charge in [-0.1, -0.05) is 13.0 Å². The summed E-state index contributed by atoms with van der Waals surface area (Å²) in [4.78, 5) is 0. The third-order valence-corrected chi connectivity index (χ3v) is 3.93. The molecule has 2 rings (SSSR count). The van der Waals surface area contributed by atoms with Gasteiger partial charge in [-0.2, -0.15) is 0 Å². The molecule has 1 aromatic rings. The second kappa shape index (κ2) is 3.47. The van der Waals surface area contributed by atoms with Crippen molar-refractivity contribution < 1.29 is 18.3 Å². The molecular weight excluding hydrogens is 285 g/mol.